The maximum Gasteiger partial charge on any atom is 0.407 e. The first-order chi connectivity index (χ1) is 9.42. The molecule has 20 heavy (non-hydrogen) atoms. The van der Waals surface area contributed by atoms with Crippen molar-refractivity contribution >= 4 is 17.4 Å². The molecule has 0 bridgehead atoms. The number of ether oxygens (including phenoxy) is 1. The quantitative estimate of drug-likeness (QED) is 0.932. The van der Waals surface area contributed by atoms with Gasteiger partial charge in [-0.25, -0.2) is 4.79 Å². The lowest BCUT2D eigenvalue weighted by atomic mass is 10.1. The molecule has 112 valence electrons. The molecule has 0 spiro atoms. The Labute approximate surface area is 124 Å². The van der Waals surface area contributed by atoms with Gasteiger partial charge in [0.1, 0.15) is 5.60 Å². The normalized spacial score (nSPS) is 20.6. The second kappa shape index (κ2) is 6.54. The molecule has 0 aliphatic carbocycles. The highest BCUT2D eigenvalue weighted by Crippen LogP contribution is 2.16. The molecular formula is C14H23N3O2S. The molecule has 1 aromatic rings. The molecule has 0 unspecified atom stereocenters. The van der Waals surface area contributed by atoms with Gasteiger partial charge in [-0.2, -0.15) is 0 Å². The van der Waals surface area contributed by atoms with Gasteiger partial charge >= 0.3 is 6.09 Å². The predicted octanol–water partition coefficient (Wildman–Crippen LogP) is 2.63. The largest absolute Gasteiger partial charge is 0.444 e. The first-order valence-electron chi connectivity index (χ1n) is 7.01. The van der Waals surface area contributed by atoms with Crippen LogP contribution in [-0.2, 0) is 11.3 Å². The smallest absolute Gasteiger partial charge is 0.407 e. The molecule has 0 radical (unpaired) electrons. The fourth-order valence-electron chi connectivity index (χ4n) is 2.33. The van der Waals surface area contributed by atoms with E-state index < -0.39 is 5.60 Å². The number of carbonyl (C=O) groups excluding carboxylic acids is 1. The van der Waals surface area contributed by atoms with E-state index in [-0.39, 0.29) is 12.1 Å². The van der Waals surface area contributed by atoms with Crippen molar-refractivity contribution in [1.29, 1.82) is 0 Å². The van der Waals surface area contributed by atoms with Gasteiger partial charge in [0.25, 0.3) is 0 Å². The number of alkyl carbamates (subject to hydrolysis) is 1. The molecule has 2 rings (SSSR count). The van der Waals surface area contributed by atoms with Gasteiger partial charge in [-0.05, 0) is 40.2 Å². The topological polar surface area (TPSA) is 54.5 Å². The first-order valence-corrected chi connectivity index (χ1v) is 7.89. The van der Waals surface area contributed by atoms with E-state index in [0.717, 1.165) is 32.5 Å². The lowest BCUT2D eigenvalue weighted by Gasteiger charge is -2.33. The average molecular weight is 297 g/mol. The molecule has 0 aromatic carbocycles. The molecule has 1 aliphatic rings. The SMILES string of the molecule is CC(C)(C)OC(=O)N[C@H]1CCCN(Cc2cncs2)C1. The van der Waals surface area contributed by atoms with E-state index in [2.05, 4.69) is 15.2 Å². The summed E-state index contributed by atoms with van der Waals surface area (Å²) in [6, 6.07) is 0.173. The maximum atomic E-state index is 11.8. The van der Waals surface area contributed by atoms with E-state index in [1.165, 1.54) is 4.88 Å². The first kappa shape index (κ1) is 15.3. The van der Waals surface area contributed by atoms with E-state index in [1.807, 2.05) is 32.5 Å². The summed E-state index contributed by atoms with van der Waals surface area (Å²) in [4.78, 5) is 19.5. The summed E-state index contributed by atoms with van der Waals surface area (Å²) in [6.07, 6.45) is 3.70. The van der Waals surface area contributed by atoms with Crippen molar-refractivity contribution in [2.45, 2.75) is 51.8 Å². The Balaban J connectivity index is 1.80. The van der Waals surface area contributed by atoms with Crippen LogP contribution in [-0.4, -0.2) is 40.7 Å². The van der Waals surface area contributed by atoms with E-state index in [0.29, 0.717) is 0 Å². The van der Waals surface area contributed by atoms with Gasteiger partial charge in [-0.3, -0.25) is 9.88 Å². The van der Waals surface area contributed by atoms with Crippen molar-refractivity contribution in [3.05, 3.63) is 16.6 Å². The third-order valence-electron chi connectivity index (χ3n) is 3.09. The van der Waals surface area contributed by atoms with Crippen molar-refractivity contribution < 1.29 is 9.53 Å². The summed E-state index contributed by atoms with van der Waals surface area (Å²) in [5.74, 6) is 0. The average Bonchev–Trinajstić information content (AvgIpc) is 2.79. The standard InChI is InChI=1S/C14H23N3O2S/c1-14(2,3)19-13(18)16-11-5-4-6-17(8-11)9-12-7-15-10-20-12/h7,10-11H,4-6,8-9H2,1-3H3,(H,16,18)/t11-/m0/s1. The van der Waals surface area contributed by atoms with Crippen LogP contribution in [0.25, 0.3) is 0 Å². The zero-order chi connectivity index (χ0) is 14.6. The number of rotatable bonds is 3. The molecule has 1 saturated heterocycles. The van der Waals surface area contributed by atoms with Gasteiger partial charge in [-0.1, -0.05) is 0 Å². The third kappa shape index (κ3) is 5.09. The van der Waals surface area contributed by atoms with Gasteiger partial charge in [0.2, 0.25) is 0 Å². The number of nitrogens with one attached hydrogen (secondary N) is 1. The molecule has 5 nitrogen and oxygen atoms in total. The zero-order valence-electron chi connectivity index (χ0n) is 12.4. The molecule has 1 fully saturated rings. The Morgan fingerprint density at radius 2 is 2.40 bits per heavy atom. The Bertz CT molecular complexity index is 428. The lowest BCUT2D eigenvalue weighted by molar-refractivity contribution is 0.0470. The Morgan fingerprint density at radius 3 is 3.05 bits per heavy atom. The van der Waals surface area contributed by atoms with Gasteiger partial charge in [-0.15, -0.1) is 11.3 Å². The van der Waals surface area contributed by atoms with Gasteiger partial charge in [0.15, 0.2) is 0 Å². The summed E-state index contributed by atoms with van der Waals surface area (Å²) in [5, 5.41) is 2.97. The molecular weight excluding hydrogens is 274 g/mol. The lowest BCUT2D eigenvalue weighted by Crippen LogP contribution is -2.48. The van der Waals surface area contributed by atoms with Crippen LogP contribution in [0, 0.1) is 0 Å². The number of hydrogen-bond donors (Lipinski definition) is 1. The van der Waals surface area contributed by atoms with Crippen LogP contribution >= 0.6 is 11.3 Å². The molecule has 1 aromatic heterocycles. The van der Waals surface area contributed by atoms with E-state index in [1.54, 1.807) is 11.3 Å². The third-order valence-corrected chi connectivity index (χ3v) is 3.85. The van der Waals surface area contributed by atoms with E-state index in [9.17, 15) is 4.79 Å². The highest BCUT2D eigenvalue weighted by Gasteiger charge is 2.24. The summed E-state index contributed by atoms with van der Waals surface area (Å²) in [6.45, 7) is 8.50. The van der Waals surface area contributed by atoms with Crippen LogP contribution < -0.4 is 5.32 Å². The van der Waals surface area contributed by atoms with Gasteiger partial charge < -0.3 is 10.1 Å². The van der Waals surface area contributed by atoms with Gasteiger partial charge in [0.05, 0.1) is 5.51 Å². The number of thiazole rings is 1. The molecule has 1 atom stereocenters. The fourth-order valence-corrected chi connectivity index (χ4v) is 2.97. The van der Waals surface area contributed by atoms with Crippen LogP contribution in [0.15, 0.2) is 11.7 Å². The highest BCUT2D eigenvalue weighted by atomic mass is 32.1. The van der Waals surface area contributed by atoms with Gasteiger partial charge in [0, 0.05) is 30.2 Å². The summed E-state index contributed by atoms with van der Waals surface area (Å²) >= 11 is 1.67. The highest BCUT2D eigenvalue weighted by molar-refractivity contribution is 7.09. The fraction of sp³-hybridized carbons (Fsp3) is 0.714. The predicted molar refractivity (Wildman–Crippen MR) is 79.8 cm³/mol. The number of carbonyl (C=O) groups is 1. The summed E-state index contributed by atoms with van der Waals surface area (Å²) in [5.41, 5.74) is 1.41. The number of piperidine rings is 1. The molecule has 1 aliphatic heterocycles. The Hall–Kier alpha value is -1.14. The van der Waals surface area contributed by atoms with Crippen LogP contribution in [0.4, 0.5) is 4.79 Å². The number of nitrogens with zero attached hydrogens (tertiary/aromatic N) is 2. The number of likely N-dealkylation sites (tertiary alicyclic amines) is 1. The minimum atomic E-state index is -0.443. The zero-order valence-corrected chi connectivity index (χ0v) is 13.2. The Kier molecular flexibility index (Phi) is 4.99. The van der Waals surface area contributed by atoms with Crippen molar-refractivity contribution in [1.82, 2.24) is 15.2 Å². The van der Waals surface area contributed by atoms with Crippen LogP contribution in [0.5, 0.6) is 0 Å². The second-order valence-corrected chi connectivity index (χ2v) is 7.16. The van der Waals surface area contributed by atoms with E-state index >= 15 is 0 Å². The van der Waals surface area contributed by atoms with Crippen LogP contribution in [0.1, 0.15) is 38.5 Å². The van der Waals surface area contributed by atoms with Crippen molar-refractivity contribution in [3.63, 3.8) is 0 Å². The summed E-state index contributed by atoms with van der Waals surface area (Å²) < 4.78 is 5.31. The molecule has 1 amide bonds. The number of hydrogen-bond acceptors (Lipinski definition) is 5. The minimum absolute atomic E-state index is 0.173. The number of aromatic nitrogens is 1. The molecule has 0 saturated carbocycles. The Morgan fingerprint density at radius 1 is 1.60 bits per heavy atom. The van der Waals surface area contributed by atoms with Crippen molar-refractivity contribution in [2.75, 3.05) is 13.1 Å². The monoisotopic (exact) mass is 297 g/mol. The minimum Gasteiger partial charge on any atom is -0.444 e. The van der Waals surface area contributed by atoms with Crippen molar-refractivity contribution in [3.8, 4) is 0 Å². The summed E-state index contributed by atoms with van der Waals surface area (Å²) in [7, 11) is 0. The second-order valence-electron chi connectivity index (χ2n) is 6.19. The molecule has 2 heterocycles. The van der Waals surface area contributed by atoms with E-state index in [4.69, 9.17) is 4.74 Å². The maximum absolute atomic E-state index is 11.8. The van der Waals surface area contributed by atoms with Crippen LogP contribution in [0.3, 0.4) is 0 Å². The molecule has 6 heteroatoms. The molecule has 1 N–H and O–H groups in total. The number of amides is 1. The van der Waals surface area contributed by atoms with Crippen LogP contribution in [0.2, 0.25) is 0 Å². The van der Waals surface area contributed by atoms with Crippen molar-refractivity contribution in [2.24, 2.45) is 0 Å².